The molecule has 0 N–H and O–H groups in total. The molecule has 42 heavy (non-hydrogen) atoms. The molecule has 0 saturated heterocycles. The Kier molecular flexibility index (Phi) is 30.4. The third-order valence-electron chi connectivity index (χ3n) is 9.13. The van der Waals surface area contributed by atoms with Crippen molar-refractivity contribution in [1.82, 2.24) is 4.90 Å². The molecule has 0 aliphatic carbocycles. The molecule has 1 aromatic carbocycles. The zero-order valence-electron chi connectivity index (χ0n) is 28.9. The van der Waals surface area contributed by atoms with E-state index >= 15 is 0 Å². The van der Waals surface area contributed by atoms with E-state index in [1.807, 2.05) is 0 Å². The molecule has 0 aliphatic rings. The lowest BCUT2D eigenvalue weighted by atomic mass is 10.0. The molecule has 244 valence electrons. The lowest BCUT2D eigenvalue weighted by Crippen LogP contribution is -2.26. The predicted molar refractivity (Wildman–Crippen MR) is 193 cm³/mol. The van der Waals surface area contributed by atoms with Crippen molar-refractivity contribution in [3.05, 3.63) is 42.0 Å². The maximum atomic E-state index is 2.72. The second kappa shape index (κ2) is 32.8. The molecule has 1 aromatic rings. The second-order valence-electron chi connectivity index (χ2n) is 13.3. The van der Waals surface area contributed by atoms with Gasteiger partial charge in [-0.3, -0.25) is 4.90 Å². The first-order chi connectivity index (χ1) is 20.9. The van der Waals surface area contributed by atoms with Gasteiger partial charge in [-0.05, 0) is 31.5 Å². The van der Waals surface area contributed by atoms with Crippen molar-refractivity contribution in [3.8, 4) is 0 Å². The largest absolute Gasteiger partial charge is 0.300 e. The van der Waals surface area contributed by atoms with Crippen LogP contribution in [0.15, 0.2) is 36.4 Å². The molecule has 1 nitrogen and oxygen atoms in total. The number of rotatable bonds is 33. The molecule has 0 aliphatic heterocycles. The van der Waals surface area contributed by atoms with E-state index in [1.165, 1.54) is 198 Å². The maximum Gasteiger partial charge on any atom is 0.0166 e. The average Bonchev–Trinajstić information content (AvgIpc) is 3.01. The highest BCUT2D eigenvalue weighted by atomic mass is 15.1. The monoisotopic (exact) mass is 582 g/mol. The lowest BCUT2D eigenvalue weighted by Gasteiger charge is -2.20. The molecule has 1 rings (SSSR count). The first-order valence-electron chi connectivity index (χ1n) is 19.3. The highest BCUT2D eigenvalue weighted by Gasteiger charge is 2.04. The topological polar surface area (TPSA) is 3.24 Å². The summed E-state index contributed by atoms with van der Waals surface area (Å²) in [7, 11) is 0. The first kappa shape index (κ1) is 38.9. The van der Waals surface area contributed by atoms with Crippen LogP contribution in [-0.4, -0.2) is 24.5 Å². The van der Waals surface area contributed by atoms with Crippen LogP contribution in [0.4, 0.5) is 0 Å². The van der Waals surface area contributed by atoms with Gasteiger partial charge in [0.25, 0.3) is 0 Å². The predicted octanol–water partition coefficient (Wildman–Crippen LogP) is 14.0. The fourth-order valence-corrected chi connectivity index (χ4v) is 6.26. The van der Waals surface area contributed by atoms with Gasteiger partial charge in [0.1, 0.15) is 0 Å². The van der Waals surface area contributed by atoms with E-state index in [0.29, 0.717) is 0 Å². The van der Waals surface area contributed by atoms with Crippen LogP contribution in [-0.2, 0) is 0 Å². The molecular formula is C41H75N. The third kappa shape index (κ3) is 27.7. The fraction of sp³-hybridized carbons (Fsp3) is 0.805. The minimum absolute atomic E-state index is 1.10. The molecule has 0 aromatic heterocycles. The summed E-state index contributed by atoms with van der Waals surface area (Å²) < 4.78 is 0. The Bertz CT molecular complexity index is 618. The minimum atomic E-state index is 1.10. The fourth-order valence-electron chi connectivity index (χ4n) is 6.26. The van der Waals surface area contributed by atoms with Crippen molar-refractivity contribution < 1.29 is 0 Å². The average molecular weight is 582 g/mol. The highest BCUT2D eigenvalue weighted by molar-refractivity contribution is 5.48. The summed E-state index contributed by atoms with van der Waals surface area (Å²) in [6.45, 7) is 8.27. The van der Waals surface area contributed by atoms with Crippen molar-refractivity contribution in [2.75, 3.05) is 19.6 Å². The number of hydrogen-bond acceptors (Lipinski definition) is 1. The molecule has 0 unspecified atom stereocenters. The quantitative estimate of drug-likeness (QED) is 0.0746. The van der Waals surface area contributed by atoms with Crippen LogP contribution >= 0.6 is 0 Å². The van der Waals surface area contributed by atoms with Gasteiger partial charge in [-0.1, -0.05) is 223 Å². The van der Waals surface area contributed by atoms with E-state index in [1.54, 1.807) is 0 Å². The number of hydrogen-bond donors (Lipinski definition) is 0. The van der Waals surface area contributed by atoms with Gasteiger partial charge in [-0.15, -0.1) is 0 Å². The Morgan fingerprint density at radius 2 is 0.714 bits per heavy atom. The van der Waals surface area contributed by atoms with E-state index in [4.69, 9.17) is 0 Å². The van der Waals surface area contributed by atoms with Crippen LogP contribution in [0.2, 0.25) is 0 Å². The lowest BCUT2D eigenvalue weighted by molar-refractivity contribution is 0.286. The molecule has 0 heterocycles. The van der Waals surface area contributed by atoms with Gasteiger partial charge in [0.2, 0.25) is 0 Å². The van der Waals surface area contributed by atoms with Crippen LogP contribution in [0.25, 0.3) is 6.08 Å². The molecule has 0 saturated carbocycles. The van der Waals surface area contributed by atoms with Crippen LogP contribution in [0, 0.1) is 0 Å². The summed E-state index contributed by atoms with van der Waals surface area (Å²) >= 11 is 0. The van der Waals surface area contributed by atoms with E-state index in [0.717, 1.165) is 6.54 Å². The molecule has 0 bridgehead atoms. The molecule has 0 radical (unpaired) electrons. The molecule has 0 amide bonds. The minimum Gasteiger partial charge on any atom is -0.300 e. The zero-order chi connectivity index (χ0) is 30.0. The Morgan fingerprint density at radius 1 is 0.405 bits per heavy atom. The molecule has 0 fully saturated rings. The van der Waals surface area contributed by atoms with Gasteiger partial charge in [-0.25, -0.2) is 0 Å². The van der Waals surface area contributed by atoms with Gasteiger partial charge < -0.3 is 0 Å². The van der Waals surface area contributed by atoms with Crippen LogP contribution < -0.4 is 0 Å². The van der Waals surface area contributed by atoms with Gasteiger partial charge in [-0.2, -0.15) is 0 Å². The molecular weight excluding hydrogens is 506 g/mol. The third-order valence-corrected chi connectivity index (χ3v) is 9.13. The number of unbranched alkanes of at least 4 members (excludes halogenated alkanes) is 26. The number of nitrogens with zero attached hydrogens (tertiary/aromatic N) is 1. The van der Waals surface area contributed by atoms with E-state index < -0.39 is 0 Å². The SMILES string of the molecule is CCCCCCCCCCCCCCCCN(CC=Cc1ccccc1)CCCCCCCCCCCCCCCC. The van der Waals surface area contributed by atoms with Crippen molar-refractivity contribution in [3.63, 3.8) is 0 Å². The first-order valence-corrected chi connectivity index (χ1v) is 19.3. The van der Waals surface area contributed by atoms with Crippen molar-refractivity contribution in [2.24, 2.45) is 0 Å². The van der Waals surface area contributed by atoms with Crippen molar-refractivity contribution >= 4 is 6.08 Å². The molecule has 0 atom stereocenters. The van der Waals surface area contributed by atoms with Gasteiger partial charge in [0.15, 0.2) is 0 Å². The Balaban J connectivity index is 2.08. The van der Waals surface area contributed by atoms with Gasteiger partial charge in [0, 0.05) is 6.54 Å². The van der Waals surface area contributed by atoms with Crippen LogP contribution in [0.3, 0.4) is 0 Å². The normalized spacial score (nSPS) is 11.8. The van der Waals surface area contributed by atoms with E-state index in [2.05, 4.69) is 61.2 Å². The summed E-state index contributed by atoms with van der Waals surface area (Å²) in [4.78, 5) is 2.72. The van der Waals surface area contributed by atoms with E-state index in [9.17, 15) is 0 Å². The highest BCUT2D eigenvalue weighted by Crippen LogP contribution is 2.15. The summed E-state index contributed by atoms with van der Waals surface area (Å²) in [6, 6.07) is 10.8. The smallest absolute Gasteiger partial charge is 0.0166 e. The van der Waals surface area contributed by atoms with Crippen LogP contribution in [0.5, 0.6) is 0 Å². The summed E-state index contributed by atoms with van der Waals surface area (Å²) in [5.41, 5.74) is 1.32. The second-order valence-corrected chi connectivity index (χ2v) is 13.3. The van der Waals surface area contributed by atoms with Crippen LogP contribution in [0.1, 0.15) is 199 Å². The molecule has 1 heteroatoms. The summed E-state index contributed by atoms with van der Waals surface area (Å²) in [6.07, 6.45) is 45.0. The Hall–Kier alpha value is -1.08. The van der Waals surface area contributed by atoms with Gasteiger partial charge in [0.05, 0.1) is 0 Å². The Morgan fingerprint density at radius 3 is 1.05 bits per heavy atom. The van der Waals surface area contributed by atoms with Crippen molar-refractivity contribution in [2.45, 2.75) is 194 Å². The van der Waals surface area contributed by atoms with Gasteiger partial charge >= 0.3 is 0 Å². The van der Waals surface area contributed by atoms with E-state index in [-0.39, 0.29) is 0 Å². The summed E-state index contributed by atoms with van der Waals surface area (Å²) in [5.74, 6) is 0. The molecule has 0 spiro atoms. The maximum absolute atomic E-state index is 2.72. The zero-order valence-corrected chi connectivity index (χ0v) is 28.9. The number of benzene rings is 1. The van der Waals surface area contributed by atoms with Crippen molar-refractivity contribution in [1.29, 1.82) is 0 Å². The summed E-state index contributed by atoms with van der Waals surface area (Å²) in [5, 5.41) is 0. The Labute approximate surface area is 265 Å². The standard InChI is InChI=1S/C41H75N/c1-3-5-7-9-11-13-15-17-19-21-23-25-27-32-38-42(40-34-37-41-35-30-29-31-36-41)39-33-28-26-24-22-20-18-16-14-12-10-8-6-4-2/h29-31,34-37H,3-28,32-33,38-40H2,1-2H3.